The predicted molar refractivity (Wildman–Crippen MR) is 343 cm³/mol. The maximum Gasteiger partial charge on any atom is 0.268 e. The normalized spacial score (nSPS) is 14.6. The first-order chi connectivity index (χ1) is 38.5. The average Bonchev–Trinajstić information content (AvgIpc) is 3.42. The molecule has 0 fully saturated rings. The maximum absolute atomic E-state index is 13.0. The van der Waals surface area contributed by atoms with Crippen molar-refractivity contribution in [1.82, 2.24) is 5.32 Å². The highest BCUT2D eigenvalue weighted by Gasteiger charge is 2.23. The maximum atomic E-state index is 13.0. The van der Waals surface area contributed by atoms with Gasteiger partial charge in [0.15, 0.2) is 0 Å². The van der Waals surface area contributed by atoms with Crippen molar-refractivity contribution in [3.05, 3.63) is 122 Å². The molecule has 454 valence electrons. The SMILES string of the molecule is CC/C=C\C/C=C\C/C=C\C/C=C\C/C=C\C/C=C\C/C=C\CCCCCCCCCC(=O)NC(COP(=O)([O-])OCC[N+](C)(C)C)C(O)/C=C/CC/C=C/CC/C=C/CCCCCCCCCCCCCCCCCCCC. The summed E-state index contributed by atoms with van der Waals surface area (Å²) in [5, 5.41) is 13.9. The van der Waals surface area contributed by atoms with E-state index in [4.69, 9.17) is 9.05 Å². The second-order valence-electron chi connectivity index (χ2n) is 22.7. The molecule has 0 aromatic heterocycles. The lowest BCUT2D eigenvalue weighted by molar-refractivity contribution is -0.870. The standard InChI is InChI=1S/C70H123N2O6P/c1-6-8-10-12-14-16-18-20-22-24-26-28-30-32-34-36-38-40-42-44-46-48-50-52-54-56-58-60-62-64-70(74)71-68(67-78-79(75,76)77-66-65-72(3,4)5)69(73)63-61-59-57-55-53-51-49-47-45-43-41-39-37-35-33-31-29-27-25-23-21-19-17-15-13-11-9-7-2/h8,10,14,16,20,22,26,28,32,34,38,40,44-47,53,55,61,63,68-69,73H,6-7,9,11-13,15,17-19,21,23-25,27,29-31,33,35-37,39,41-43,48-52,54,56-60,62,64-67H2,1-5H3,(H-,71,74,75,76)/b10-8-,16-14-,22-20-,28-26-,34-32-,40-38-,46-44-,47-45+,55-53+,63-61+. The van der Waals surface area contributed by atoms with Gasteiger partial charge in [0.2, 0.25) is 5.91 Å². The largest absolute Gasteiger partial charge is 0.756 e. The van der Waals surface area contributed by atoms with Crippen LogP contribution in [0.15, 0.2) is 122 Å². The Bertz CT molecular complexity index is 1700. The molecule has 0 saturated carbocycles. The van der Waals surface area contributed by atoms with E-state index in [2.05, 4.69) is 129 Å². The molecule has 0 aromatic carbocycles. The number of quaternary nitrogens is 1. The smallest absolute Gasteiger partial charge is 0.268 e. The zero-order valence-corrected chi connectivity index (χ0v) is 52.7. The first-order valence-electron chi connectivity index (χ1n) is 32.4. The number of rotatable bonds is 58. The van der Waals surface area contributed by atoms with E-state index in [1.54, 1.807) is 6.08 Å². The van der Waals surface area contributed by atoms with Gasteiger partial charge in [-0.3, -0.25) is 9.36 Å². The van der Waals surface area contributed by atoms with Gasteiger partial charge in [-0.1, -0.05) is 277 Å². The molecule has 1 amide bonds. The van der Waals surface area contributed by atoms with E-state index in [1.807, 2.05) is 27.2 Å². The zero-order chi connectivity index (χ0) is 57.7. The number of hydrogen-bond donors (Lipinski definition) is 2. The van der Waals surface area contributed by atoms with Crippen LogP contribution >= 0.6 is 7.82 Å². The monoisotopic (exact) mass is 1120 g/mol. The van der Waals surface area contributed by atoms with Crippen molar-refractivity contribution in [2.24, 2.45) is 0 Å². The minimum absolute atomic E-state index is 0.0179. The lowest BCUT2D eigenvalue weighted by atomic mass is 10.0. The van der Waals surface area contributed by atoms with Gasteiger partial charge in [-0.15, -0.1) is 0 Å². The number of carbonyl (C=O) groups excluding carboxylic acids is 1. The summed E-state index contributed by atoms with van der Waals surface area (Å²) in [5.41, 5.74) is 0. The van der Waals surface area contributed by atoms with Crippen LogP contribution in [0.5, 0.6) is 0 Å². The van der Waals surface area contributed by atoms with Crippen LogP contribution in [0.4, 0.5) is 0 Å². The molecule has 0 saturated heterocycles. The molecular formula is C70H123N2O6P. The van der Waals surface area contributed by atoms with Crippen molar-refractivity contribution in [2.75, 3.05) is 40.9 Å². The topological polar surface area (TPSA) is 108 Å². The van der Waals surface area contributed by atoms with Gasteiger partial charge in [0.1, 0.15) is 13.2 Å². The van der Waals surface area contributed by atoms with Crippen LogP contribution in [-0.2, 0) is 18.4 Å². The van der Waals surface area contributed by atoms with Crippen molar-refractivity contribution in [3.63, 3.8) is 0 Å². The highest BCUT2D eigenvalue weighted by atomic mass is 31.2. The predicted octanol–water partition coefficient (Wildman–Crippen LogP) is 19.9. The number of nitrogens with one attached hydrogen (secondary N) is 1. The van der Waals surface area contributed by atoms with Gasteiger partial charge in [0.05, 0.1) is 39.9 Å². The molecule has 0 bridgehead atoms. The molecule has 2 N–H and O–H groups in total. The molecular weight excluding hydrogens is 996 g/mol. The van der Waals surface area contributed by atoms with Gasteiger partial charge < -0.3 is 28.8 Å². The third kappa shape index (κ3) is 62.4. The van der Waals surface area contributed by atoms with Crippen molar-refractivity contribution in [2.45, 2.75) is 276 Å². The number of phosphoric acid groups is 1. The van der Waals surface area contributed by atoms with Gasteiger partial charge in [-0.25, -0.2) is 0 Å². The van der Waals surface area contributed by atoms with E-state index < -0.39 is 26.6 Å². The Morgan fingerprint density at radius 1 is 0.456 bits per heavy atom. The van der Waals surface area contributed by atoms with Crippen LogP contribution in [0, 0.1) is 0 Å². The van der Waals surface area contributed by atoms with E-state index >= 15 is 0 Å². The third-order valence-electron chi connectivity index (χ3n) is 13.9. The van der Waals surface area contributed by atoms with Crippen LogP contribution in [0.25, 0.3) is 0 Å². The molecule has 0 spiro atoms. The van der Waals surface area contributed by atoms with Gasteiger partial charge in [0.25, 0.3) is 7.82 Å². The number of amides is 1. The Kier molecular flexibility index (Phi) is 57.2. The van der Waals surface area contributed by atoms with E-state index in [0.717, 1.165) is 103 Å². The zero-order valence-electron chi connectivity index (χ0n) is 51.8. The summed E-state index contributed by atoms with van der Waals surface area (Å²) in [6, 6.07) is -0.927. The molecule has 9 heteroatoms. The van der Waals surface area contributed by atoms with E-state index in [1.165, 1.54) is 141 Å². The Morgan fingerprint density at radius 3 is 1.18 bits per heavy atom. The quantitative estimate of drug-likeness (QED) is 0.0272. The number of likely N-dealkylation sites (N-methyl/N-ethyl adjacent to an activating group) is 1. The highest BCUT2D eigenvalue weighted by molar-refractivity contribution is 7.45. The first kappa shape index (κ1) is 75.9. The summed E-state index contributed by atoms with van der Waals surface area (Å²) in [4.78, 5) is 25.6. The van der Waals surface area contributed by atoms with Crippen LogP contribution < -0.4 is 10.2 Å². The summed E-state index contributed by atoms with van der Waals surface area (Å²) < 4.78 is 23.4. The molecule has 0 aliphatic heterocycles. The van der Waals surface area contributed by atoms with Gasteiger partial charge >= 0.3 is 0 Å². The summed E-state index contributed by atoms with van der Waals surface area (Å²) in [5.74, 6) is -0.226. The number of carbonyl (C=O) groups is 1. The molecule has 3 unspecified atom stereocenters. The van der Waals surface area contributed by atoms with Crippen LogP contribution in [0.3, 0.4) is 0 Å². The van der Waals surface area contributed by atoms with Crippen LogP contribution in [-0.4, -0.2) is 68.5 Å². The summed E-state index contributed by atoms with van der Waals surface area (Å²) >= 11 is 0. The summed E-state index contributed by atoms with van der Waals surface area (Å²) in [6.45, 7) is 4.50. The third-order valence-corrected chi connectivity index (χ3v) is 14.8. The molecule has 0 radical (unpaired) electrons. The molecule has 0 heterocycles. The van der Waals surface area contributed by atoms with Gasteiger partial charge in [-0.2, -0.15) is 0 Å². The average molecular weight is 1120 g/mol. The highest BCUT2D eigenvalue weighted by Crippen LogP contribution is 2.38. The van der Waals surface area contributed by atoms with Gasteiger partial charge in [-0.05, 0) is 103 Å². The Hall–Kier alpha value is -3.10. The first-order valence-corrected chi connectivity index (χ1v) is 33.9. The number of unbranched alkanes of at least 4 members (excludes halogenated alkanes) is 27. The molecule has 0 aliphatic rings. The number of nitrogens with zero attached hydrogens (tertiary/aromatic N) is 1. The fourth-order valence-corrected chi connectivity index (χ4v) is 9.60. The Labute approximate surface area is 488 Å². The second kappa shape index (κ2) is 59.5. The van der Waals surface area contributed by atoms with E-state index in [9.17, 15) is 19.4 Å². The molecule has 0 aromatic rings. The molecule has 79 heavy (non-hydrogen) atoms. The van der Waals surface area contributed by atoms with E-state index in [0.29, 0.717) is 17.4 Å². The minimum atomic E-state index is -4.63. The number of allylic oxidation sites excluding steroid dienone is 19. The molecule has 0 aliphatic carbocycles. The fraction of sp³-hybridized carbons (Fsp3) is 0.700. The van der Waals surface area contributed by atoms with Crippen molar-refractivity contribution in [1.29, 1.82) is 0 Å². The van der Waals surface area contributed by atoms with Crippen molar-refractivity contribution >= 4 is 13.7 Å². The number of aliphatic hydroxyl groups excluding tert-OH is 1. The lowest BCUT2D eigenvalue weighted by Gasteiger charge is -2.29. The number of phosphoric ester groups is 1. The van der Waals surface area contributed by atoms with Crippen molar-refractivity contribution < 1.29 is 32.9 Å². The molecule has 8 nitrogen and oxygen atoms in total. The number of aliphatic hydroxyl groups is 1. The summed E-state index contributed by atoms with van der Waals surface area (Å²) in [6.07, 6.45) is 88.7. The molecule has 0 rings (SSSR count). The van der Waals surface area contributed by atoms with E-state index in [-0.39, 0.29) is 12.5 Å². The number of hydrogen-bond acceptors (Lipinski definition) is 6. The fourth-order valence-electron chi connectivity index (χ4n) is 8.87. The van der Waals surface area contributed by atoms with Gasteiger partial charge in [0, 0.05) is 6.42 Å². The Balaban J connectivity index is 4.27. The second-order valence-corrected chi connectivity index (χ2v) is 24.1. The lowest BCUT2D eigenvalue weighted by Crippen LogP contribution is -2.45. The molecule has 3 atom stereocenters. The van der Waals surface area contributed by atoms with Crippen LogP contribution in [0.1, 0.15) is 264 Å². The minimum Gasteiger partial charge on any atom is -0.756 e. The Morgan fingerprint density at radius 2 is 0.785 bits per heavy atom. The summed E-state index contributed by atoms with van der Waals surface area (Å²) in [7, 11) is 1.21. The van der Waals surface area contributed by atoms with Crippen molar-refractivity contribution in [3.8, 4) is 0 Å². The van der Waals surface area contributed by atoms with Crippen LogP contribution in [0.2, 0.25) is 0 Å².